The summed E-state index contributed by atoms with van der Waals surface area (Å²) in [5, 5.41) is 0. The van der Waals surface area contributed by atoms with Gasteiger partial charge >= 0.3 is 11.9 Å². The van der Waals surface area contributed by atoms with Gasteiger partial charge < -0.3 is 18.9 Å². The molecule has 0 bridgehead atoms. The third-order valence-electron chi connectivity index (χ3n) is 3.11. The topological polar surface area (TPSA) is 96.8 Å². The molecule has 0 spiro atoms. The van der Waals surface area contributed by atoms with Gasteiger partial charge in [0.2, 0.25) is 0 Å². The van der Waals surface area contributed by atoms with E-state index in [4.69, 9.17) is 18.9 Å². The number of hydrogen-bond acceptors (Lipinski definition) is 8. The second-order valence-electron chi connectivity index (χ2n) is 4.56. The molecule has 0 radical (unpaired) electrons. The van der Waals surface area contributed by atoms with Crippen molar-refractivity contribution in [3.05, 3.63) is 23.5 Å². The fourth-order valence-corrected chi connectivity index (χ4v) is 2.07. The van der Waals surface area contributed by atoms with Gasteiger partial charge in [-0.2, -0.15) is 0 Å². The van der Waals surface area contributed by atoms with Crippen molar-refractivity contribution in [1.29, 1.82) is 0 Å². The first kappa shape index (κ1) is 17.5. The number of aromatic nitrogens is 2. The van der Waals surface area contributed by atoms with Gasteiger partial charge in [0.25, 0.3) is 0 Å². The van der Waals surface area contributed by atoms with E-state index >= 15 is 0 Å². The fraction of sp³-hybridized carbons (Fsp3) is 0.375. The van der Waals surface area contributed by atoms with Crippen LogP contribution in [0.3, 0.4) is 0 Å². The van der Waals surface area contributed by atoms with E-state index in [2.05, 4.69) is 9.97 Å². The van der Waals surface area contributed by atoms with E-state index in [0.29, 0.717) is 22.5 Å². The maximum Gasteiger partial charge on any atom is 0.359 e. The van der Waals surface area contributed by atoms with Crippen LogP contribution in [0.15, 0.2) is 12.1 Å². The Labute approximate surface area is 138 Å². The van der Waals surface area contributed by atoms with Crippen molar-refractivity contribution in [3.8, 4) is 11.5 Å². The number of fused-ring (bicyclic) bond motifs is 1. The minimum Gasteiger partial charge on any atom is -0.493 e. The quantitative estimate of drug-likeness (QED) is 0.740. The van der Waals surface area contributed by atoms with Crippen LogP contribution in [0, 0.1) is 0 Å². The molecule has 2 aromatic rings. The van der Waals surface area contributed by atoms with Crippen LogP contribution in [-0.2, 0) is 9.47 Å². The van der Waals surface area contributed by atoms with Crippen molar-refractivity contribution < 1.29 is 28.5 Å². The monoisotopic (exact) mass is 334 g/mol. The molecule has 1 heterocycles. The van der Waals surface area contributed by atoms with E-state index < -0.39 is 11.9 Å². The van der Waals surface area contributed by atoms with Gasteiger partial charge in [0.15, 0.2) is 22.9 Å². The zero-order valence-corrected chi connectivity index (χ0v) is 13.9. The van der Waals surface area contributed by atoms with E-state index in [1.165, 1.54) is 14.2 Å². The van der Waals surface area contributed by atoms with Crippen LogP contribution in [-0.4, -0.2) is 49.3 Å². The highest BCUT2D eigenvalue weighted by atomic mass is 16.5. The molecule has 0 aliphatic heterocycles. The van der Waals surface area contributed by atoms with E-state index in [9.17, 15) is 9.59 Å². The number of benzene rings is 1. The second kappa shape index (κ2) is 7.58. The molecule has 0 saturated heterocycles. The van der Waals surface area contributed by atoms with Crippen LogP contribution in [0.1, 0.15) is 34.8 Å². The molecular weight excluding hydrogens is 316 g/mol. The normalized spacial score (nSPS) is 10.3. The Kier molecular flexibility index (Phi) is 5.51. The first-order chi connectivity index (χ1) is 11.5. The highest BCUT2D eigenvalue weighted by Crippen LogP contribution is 2.31. The molecule has 0 aliphatic carbocycles. The van der Waals surface area contributed by atoms with Crippen LogP contribution in [0.25, 0.3) is 11.0 Å². The highest BCUT2D eigenvalue weighted by Gasteiger charge is 2.24. The average molecular weight is 334 g/mol. The number of ether oxygens (including phenoxy) is 4. The van der Waals surface area contributed by atoms with E-state index in [-0.39, 0.29) is 24.6 Å². The highest BCUT2D eigenvalue weighted by molar-refractivity contribution is 6.02. The van der Waals surface area contributed by atoms with Crippen molar-refractivity contribution in [1.82, 2.24) is 9.97 Å². The zero-order valence-electron chi connectivity index (χ0n) is 13.9. The molecule has 1 aromatic carbocycles. The van der Waals surface area contributed by atoms with Crippen LogP contribution in [0.2, 0.25) is 0 Å². The van der Waals surface area contributed by atoms with Crippen LogP contribution in [0.5, 0.6) is 11.5 Å². The maximum atomic E-state index is 12.1. The Hall–Kier alpha value is -2.90. The van der Waals surface area contributed by atoms with Crippen molar-refractivity contribution >= 4 is 23.0 Å². The lowest BCUT2D eigenvalue weighted by atomic mass is 10.2. The van der Waals surface area contributed by atoms with Crippen molar-refractivity contribution in [2.75, 3.05) is 27.4 Å². The number of esters is 2. The fourth-order valence-electron chi connectivity index (χ4n) is 2.07. The summed E-state index contributed by atoms with van der Waals surface area (Å²) >= 11 is 0. The summed E-state index contributed by atoms with van der Waals surface area (Å²) in [6.45, 7) is 3.61. The summed E-state index contributed by atoms with van der Waals surface area (Å²) in [4.78, 5) is 32.6. The molecule has 0 N–H and O–H groups in total. The predicted molar refractivity (Wildman–Crippen MR) is 84.6 cm³/mol. The minimum atomic E-state index is -0.746. The standard InChI is InChI=1S/C16H18N2O6/c1-5-23-15(19)13-14(16(20)24-6-2)18-10-8-12(22-4)11(21-3)7-9(10)17-13/h7-8H,5-6H2,1-4H3. The number of rotatable bonds is 6. The average Bonchev–Trinajstić information content (AvgIpc) is 2.59. The smallest absolute Gasteiger partial charge is 0.359 e. The van der Waals surface area contributed by atoms with Crippen LogP contribution >= 0.6 is 0 Å². The SMILES string of the molecule is CCOC(=O)c1nc2cc(OC)c(OC)cc2nc1C(=O)OCC. The lowest BCUT2D eigenvalue weighted by Gasteiger charge is -2.11. The van der Waals surface area contributed by atoms with Crippen molar-refractivity contribution in [2.24, 2.45) is 0 Å². The van der Waals surface area contributed by atoms with E-state index in [0.717, 1.165) is 0 Å². The number of methoxy groups -OCH3 is 2. The van der Waals surface area contributed by atoms with Gasteiger partial charge in [-0.1, -0.05) is 0 Å². The van der Waals surface area contributed by atoms with Crippen LogP contribution in [0.4, 0.5) is 0 Å². The Morgan fingerprint density at radius 3 is 1.50 bits per heavy atom. The summed E-state index contributed by atoms with van der Waals surface area (Å²) in [6.07, 6.45) is 0. The third kappa shape index (κ3) is 3.37. The third-order valence-corrected chi connectivity index (χ3v) is 3.11. The van der Waals surface area contributed by atoms with Gasteiger partial charge in [0.05, 0.1) is 38.5 Å². The molecule has 0 unspecified atom stereocenters. The summed E-state index contributed by atoms with van der Waals surface area (Å²) in [5.41, 5.74) is 0.331. The molecule has 0 fully saturated rings. The summed E-state index contributed by atoms with van der Waals surface area (Å²) in [5.74, 6) is -0.634. The Morgan fingerprint density at radius 2 is 1.21 bits per heavy atom. The van der Waals surface area contributed by atoms with Crippen molar-refractivity contribution in [2.45, 2.75) is 13.8 Å². The van der Waals surface area contributed by atoms with E-state index in [1.807, 2.05) is 0 Å². The minimum absolute atomic E-state index is 0.146. The number of nitrogens with zero attached hydrogens (tertiary/aromatic N) is 2. The Bertz CT molecular complexity index is 710. The van der Waals surface area contributed by atoms with Gasteiger partial charge in [-0.15, -0.1) is 0 Å². The molecule has 0 amide bonds. The molecule has 8 nitrogen and oxygen atoms in total. The second-order valence-corrected chi connectivity index (χ2v) is 4.56. The molecule has 0 atom stereocenters. The lowest BCUT2D eigenvalue weighted by Crippen LogP contribution is -2.18. The molecule has 8 heteroatoms. The van der Waals surface area contributed by atoms with Gasteiger partial charge in [-0.3, -0.25) is 0 Å². The molecule has 24 heavy (non-hydrogen) atoms. The molecular formula is C16H18N2O6. The lowest BCUT2D eigenvalue weighted by molar-refractivity contribution is 0.0468. The molecule has 128 valence electrons. The Balaban J connectivity index is 2.69. The van der Waals surface area contributed by atoms with Gasteiger partial charge in [0, 0.05) is 12.1 Å². The summed E-state index contributed by atoms with van der Waals surface area (Å²) in [7, 11) is 2.96. The number of carbonyl (C=O) groups is 2. The number of carbonyl (C=O) groups excluding carboxylic acids is 2. The first-order valence-electron chi connectivity index (χ1n) is 7.33. The van der Waals surface area contributed by atoms with Gasteiger partial charge in [0.1, 0.15) is 0 Å². The van der Waals surface area contributed by atoms with E-state index in [1.54, 1.807) is 26.0 Å². The summed E-state index contributed by atoms with van der Waals surface area (Å²) < 4.78 is 20.3. The molecule has 0 aliphatic rings. The molecule has 2 rings (SSSR count). The Morgan fingerprint density at radius 1 is 0.833 bits per heavy atom. The van der Waals surface area contributed by atoms with Gasteiger partial charge in [-0.25, -0.2) is 19.6 Å². The summed E-state index contributed by atoms with van der Waals surface area (Å²) in [6, 6.07) is 3.14. The maximum absolute atomic E-state index is 12.1. The van der Waals surface area contributed by atoms with Crippen LogP contribution < -0.4 is 9.47 Å². The largest absolute Gasteiger partial charge is 0.493 e. The first-order valence-corrected chi connectivity index (χ1v) is 7.33. The predicted octanol–water partition coefficient (Wildman–Crippen LogP) is 2.00. The van der Waals surface area contributed by atoms with Gasteiger partial charge in [-0.05, 0) is 13.8 Å². The molecule has 0 saturated carbocycles. The molecule has 1 aromatic heterocycles. The van der Waals surface area contributed by atoms with Crippen molar-refractivity contribution in [3.63, 3.8) is 0 Å². The number of hydrogen-bond donors (Lipinski definition) is 0. The zero-order chi connectivity index (χ0) is 17.7.